The Morgan fingerprint density at radius 2 is 1.72 bits per heavy atom. The van der Waals surface area contributed by atoms with Crippen molar-refractivity contribution in [1.82, 2.24) is 14.9 Å². The number of rotatable bonds is 8. The number of nitrogens with one attached hydrogen (secondary N) is 1. The molecule has 0 spiro atoms. The summed E-state index contributed by atoms with van der Waals surface area (Å²) in [5.41, 5.74) is 2.78. The fourth-order valence-corrected chi connectivity index (χ4v) is 5.54. The molecule has 1 atom stereocenters. The summed E-state index contributed by atoms with van der Waals surface area (Å²) in [6, 6.07) is 17.2. The highest BCUT2D eigenvalue weighted by molar-refractivity contribution is 7.91. The summed E-state index contributed by atoms with van der Waals surface area (Å²) in [7, 11) is -3.29. The summed E-state index contributed by atoms with van der Waals surface area (Å²) in [5.74, 6) is 0.247. The van der Waals surface area contributed by atoms with Crippen molar-refractivity contribution in [2.24, 2.45) is 0 Å². The van der Waals surface area contributed by atoms with Gasteiger partial charge in [0.25, 0.3) is 5.91 Å². The molecule has 0 unspecified atom stereocenters. The number of hydrogen-bond donors (Lipinski definition) is 1. The Bertz CT molecular complexity index is 1620. The molecule has 1 heterocycles. The quantitative estimate of drug-likeness (QED) is 0.278. The van der Waals surface area contributed by atoms with Gasteiger partial charge in [0.05, 0.1) is 27.2 Å². The smallest absolute Gasteiger partial charge is 0.348 e. The highest BCUT2D eigenvalue weighted by Crippen LogP contribution is 2.41. The largest absolute Gasteiger partial charge is 0.416 e. The molecule has 5 rings (SSSR count). The zero-order valence-electron chi connectivity index (χ0n) is 21.5. The summed E-state index contributed by atoms with van der Waals surface area (Å²) in [4.78, 5) is 18.0. The molecule has 10 heteroatoms. The van der Waals surface area contributed by atoms with E-state index in [1.54, 1.807) is 31.2 Å². The van der Waals surface area contributed by atoms with E-state index in [0.717, 1.165) is 47.4 Å². The minimum Gasteiger partial charge on any atom is -0.348 e. The second-order valence-electron chi connectivity index (χ2n) is 9.85. The van der Waals surface area contributed by atoms with Crippen LogP contribution in [0.1, 0.15) is 71.5 Å². The Labute approximate surface area is 224 Å². The first-order valence-electron chi connectivity index (χ1n) is 12.8. The Kier molecular flexibility index (Phi) is 7.00. The maximum absolute atomic E-state index is 13.0. The lowest BCUT2D eigenvalue weighted by molar-refractivity contribution is -0.137. The third-order valence-electron chi connectivity index (χ3n) is 7.13. The van der Waals surface area contributed by atoms with Gasteiger partial charge in [-0.25, -0.2) is 13.4 Å². The van der Waals surface area contributed by atoms with Gasteiger partial charge in [-0.1, -0.05) is 38.1 Å². The van der Waals surface area contributed by atoms with Crippen LogP contribution in [0.25, 0.3) is 11.0 Å². The third kappa shape index (κ3) is 5.56. The number of carbonyl (C=O) groups excluding carboxylic acids is 1. The van der Waals surface area contributed by atoms with Crippen LogP contribution in [0.2, 0.25) is 0 Å². The van der Waals surface area contributed by atoms with Crippen LogP contribution in [0.5, 0.6) is 0 Å². The summed E-state index contributed by atoms with van der Waals surface area (Å²) in [6.45, 7) is 3.75. The SMILES string of the molecule is CCS(=O)(=O)c1ccc(CNC(=O)c2ccc3c(c2)nc([C@@H](C)c2ccc(C(F)(F)F)cc2)n3C2CC2)cc1. The number of carbonyl (C=O) groups is 1. The van der Waals surface area contributed by atoms with E-state index < -0.39 is 21.6 Å². The molecule has 3 aromatic carbocycles. The molecule has 0 saturated heterocycles. The second kappa shape index (κ2) is 10.1. The van der Waals surface area contributed by atoms with Gasteiger partial charge in [-0.05, 0) is 66.4 Å². The van der Waals surface area contributed by atoms with Gasteiger partial charge in [0.1, 0.15) is 5.82 Å². The van der Waals surface area contributed by atoms with Crippen LogP contribution in [-0.2, 0) is 22.6 Å². The van der Waals surface area contributed by atoms with Crippen LogP contribution in [-0.4, -0.2) is 29.6 Å². The molecule has 1 aromatic heterocycles. The van der Waals surface area contributed by atoms with Crippen LogP contribution < -0.4 is 5.32 Å². The number of benzene rings is 3. The van der Waals surface area contributed by atoms with Gasteiger partial charge < -0.3 is 9.88 Å². The third-order valence-corrected chi connectivity index (χ3v) is 8.88. The van der Waals surface area contributed by atoms with Crippen molar-refractivity contribution in [1.29, 1.82) is 0 Å². The molecule has 1 fully saturated rings. The lowest BCUT2D eigenvalue weighted by atomic mass is 9.99. The highest BCUT2D eigenvalue weighted by atomic mass is 32.2. The predicted octanol–water partition coefficient (Wildman–Crippen LogP) is 6.27. The number of hydrogen-bond acceptors (Lipinski definition) is 4. The van der Waals surface area contributed by atoms with E-state index in [9.17, 15) is 26.4 Å². The lowest BCUT2D eigenvalue weighted by Gasteiger charge is -2.16. The van der Waals surface area contributed by atoms with Gasteiger partial charge >= 0.3 is 6.18 Å². The van der Waals surface area contributed by atoms with E-state index >= 15 is 0 Å². The maximum atomic E-state index is 13.0. The van der Waals surface area contributed by atoms with E-state index in [0.29, 0.717) is 11.1 Å². The van der Waals surface area contributed by atoms with E-state index in [4.69, 9.17) is 4.98 Å². The molecule has 1 N–H and O–H groups in total. The molecule has 0 aliphatic heterocycles. The normalized spacial score (nSPS) is 14.9. The fraction of sp³-hybridized carbons (Fsp3) is 0.310. The average molecular weight is 556 g/mol. The zero-order chi connectivity index (χ0) is 27.9. The first kappa shape index (κ1) is 26.9. The molecular formula is C29H28F3N3O3S. The number of halogens is 3. The number of aromatic nitrogens is 2. The van der Waals surface area contributed by atoms with Crippen molar-refractivity contribution in [2.75, 3.05) is 5.75 Å². The van der Waals surface area contributed by atoms with Gasteiger partial charge in [0, 0.05) is 24.1 Å². The molecule has 4 aromatic rings. The Hall–Kier alpha value is -3.66. The molecule has 1 saturated carbocycles. The first-order chi connectivity index (χ1) is 18.5. The zero-order valence-corrected chi connectivity index (χ0v) is 22.3. The van der Waals surface area contributed by atoms with Crippen molar-refractivity contribution in [2.45, 2.75) is 56.3 Å². The minimum atomic E-state index is -4.39. The molecule has 1 aliphatic carbocycles. The highest BCUT2D eigenvalue weighted by Gasteiger charge is 2.32. The van der Waals surface area contributed by atoms with Crippen LogP contribution in [0, 0.1) is 0 Å². The predicted molar refractivity (Wildman–Crippen MR) is 142 cm³/mol. The molecule has 1 amide bonds. The average Bonchev–Trinajstić information content (AvgIpc) is 3.70. The number of alkyl halides is 3. The Balaban J connectivity index is 1.36. The van der Waals surface area contributed by atoms with Gasteiger partial charge in [-0.3, -0.25) is 4.79 Å². The monoisotopic (exact) mass is 555 g/mol. The summed E-state index contributed by atoms with van der Waals surface area (Å²) >= 11 is 0. The summed E-state index contributed by atoms with van der Waals surface area (Å²) in [5, 5.41) is 2.86. The van der Waals surface area contributed by atoms with E-state index in [2.05, 4.69) is 9.88 Å². The van der Waals surface area contributed by atoms with E-state index in [1.807, 2.05) is 13.0 Å². The minimum absolute atomic E-state index is 0.0207. The van der Waals surface area contributed by atoms with Gasteiger partial charge in [-0.2, -0.15) is 13.2 Å². The molecule has 204 valence electrons. The van der Waals surface area contributed by atoms with Crippen molar-refractivity contribution < 1.29 is 26.4 Å². The topological polar surface area (TPSA) is 81.1 Å². The number of imidazole rings is 1. The molecule has 0 bridgehead atoms. The van der Waals surface area contributed by atoms with Crippen LogP contribution >= 0.6 is 0 Å². The van der Waals surface area contributed by atoms with Crippen LogP contribution in [0.15, 0.2) is 71.6 Å². The fourth-order valence-electron chi connectivity index (χ4n) is 4.66. The van der Waals surface area contributed by atoms with Crippen molar-refractivity contribution in [3.05, 3.63) is 94.8 Å². The standard InChI is InChI=1S/C29H28F3N3O3S/c1-3-39(37,38)24-13-4-19(5-14-24)17-33-28(36)21-8-15-26-25(16-21)34-27(35(26)23-11-12-23)18(2)20-6-9-22(10-7-20)29(30,31)32/h4-10,13-16,18,23H,3,11-12,17H2,1-2H3,(H,33,36)/t18-/m0/s1. The van der Waals surface area contributed by atoms with E-state index in [1.165, 1.54) is 24.3 Å². The lowest BCUT2D eigenvalue weighted by Crippen LogP contribution is -2.22. The second-order valence-corrected chi connectivity index (χ2v) is 12.1. The first-order valence-corrected chi connectivity index (χ1v) is 14.4. The van der Waals surface area contributed by atoms with Crippen molar-refractivity contribution >= 4 is 26.8 Å². The molecule has 39 heavy (non-hydrogen) atoms. The molecular weight excluding hydrogens is 527 g/mol. The Morgan fingerprint density at radius 1 is 1.05 bits per heavy atom. The van der Waals surface area contributed by atoms with E-state index in [-0.39, 0.29) is 35.1 Å². The van der Waals surface area contributed by atoms with Gasteiger partial charge in [-0.15, -0.1) is 0 Å². The molecule has 1 aliphatic rings. The Morgan fingerprint density at radius 3 is 2.31 bits per heavy atom. The van der Waals surface area contributed by atoms with Crippen LogP contribution in [0.4, 0.5) is 13.2 Å². The number of nitrogens with zero attached hydrogens (tertiary/aromatic N) is 2. The summed E-state index contributed by atoms with van der Waals surface area (Å²) < 4.78 is 65.2. The van der Waals surface area contributed by atoms with Crippen LogP contribution in [0.3, 0.4) is 0 Å². The molecule has 0 radical (unpaired) electrons. The van der Waals surface area contributed by atoms with Gasteiger partial charge in [0.2, 0.25) is 0 Å². The van der Waals surface area contributed by atoms with Gasteiger partial charge in [0.15, 0.2) is 9.84 Å². The number of amides is 1. The molecule has 6 nitrogen and oxygen atoms in total. The number of sulfone groups is 1. The van der Waals surface area contributed by atoms with Crippen molar-refractivity contribution in [3.63, 3.8) is 0 Å². The van der Waals surface area contributed by atoms with Crippen molar-refractivity contribution in [3.8, 4) is 0 Å². The number of fused-ring (bicyclic) bond motifs is 1. The maximum Gasteiger partial charge on any atom is 0.416 e. The summed E-state index contributed by atoms with van der Waals surface area (Å²) in [6.07, 6.45) is -2.39.